The lowest BCUT2D eigenvalue weighted by Gasteiger charge is -2.18. The molecule has 0 spiro atoms. The minimum atomic E-state index is -0.198. The molecule has 3 nitrogen and oxygen atoms in total. The van der Waals surface area contributed by atoms with Gasteiger partial charge in [-0.3, -0.25) is 14.8 Å². The van der Waals surface area contributed by atoms with Crippen LogP contribution in [-0.2, 0) is 0 Å². The number of carbonyl (C=O) groups excluding carboxylic acids is 1. The molecule has 0 saturated carbocycles. The van der Waals surface area contributed by atoms with E-state index in [0.29, 0.717) is 15.6 Å². The highest BCUT2D eigenvalue weighted by Crippen LogP contribution is 2.35. The van der Waals surface area contributed by atoms with Crippen LogP contribution >= 0.6 is 23.2 Å². The van der Waals surface area contributed by atoms with Gasteiger partial charge in [-0.2, -0.15) is 0 Å². The van der Waals surface area contributed by atoms with Crippen molar-refractivity contribution in [3.05, 3.63) is 94.0 Å². The Balaban J connectivity index is 1.98. The second kappa shape index (κ2) is 7.56. The molecule has 0 aliphatic heterocycles. The molecular formula is C19H14Cl2N2O. The van der Waals surface area contributed by atoms with E-state index in [0.717, 1.165) is 11.1 Å². The first kappa shape index (κ1) is 16.6. The summed E-state index contributed by atoms with van der Waals surface area (Å²) in [5, 5.41) is 1.10. The number of carbonyl (C=O) groups is 1. The van der Waals surface area contributed by atoms with E-state index in [1.807, 2.05) is 18.2 Å². The molecule has 0 amide bonds. The fourth-order valence-electron chi connectivity index (χ4n) is 2.60. The average Bonchev–Trinajstić information content (AvgIpc) is 2.61. The van der Waals surface area contributed by atoms with Crippen LogP contribution in [0.5, 0.6) is 0 Å². The number of ketones is 1. The van der Waals surface area contributed by atoms with Crippen molar-refractivity contribution in [2.75, 3.05) is 0 Å². The first-order valence-corrected chi connectivity index (χ1v) is 8.19. The first-order chi connectivity index (χ1) is 11.6. The maximum Gasteiger partial charge on any atom is 0.165 e. The van der Waals surface area contributed by atoms with Gasteiger partial charge in [0.2, 0.25) is 0 Å². The normalized spacial score (nSPS) is 11.9. The zero-order chi connectivity index (χ0) is 16.9. The molecule has 0 N–H and O–H groups in total. The highest BCUT2D eigenvalue weighted by Gasteiger charge is 2.22. The van der Waals surface area contributed by atoms with Crippen LogP contribution in [0.15, 0.2) is 67.3 Å². The molecule has 0 saturated heterocycles. The fourth-order valence-corrected chi connectivity index (χ4v) is 3.14. The van der Waals surface area contributed by atoms with Gasteiger partial charge in [-0.25, -0.2) is 0 Å². The summed E-state index contributed by atoms with van der Waals surface area (Å²) in [5.74, 6) is -0.195. The number of halogens is 2. The number of aromatic nitrogens is 2. The van der Waals surface area contributed by atoms with Gasteiger partial charge in [0.25, 0.3) is 0 Å². The molecule has 0 aliphatic carbocycles. The molecule has 120 valence electrons. The van der Waals surface area contributed by atoms with Gasteiger partial charge in [0, 0.05) is 52.7 Å². The number of pyridine rings is 2. The van der Waals surface area contributed by atoms with Gasteiger partial charge in [-0.05, 0) is 41.5 Å². The van der Waals surface area contributed by atoms with Gasteiger partial charge < -0.3 is 0 Å². The van der Waals surface area contributed by atoms with Crippen LogP contribution in [0.3, 0.4) is 0 Å². The van der Waals surface area contributed by atoms with Gasteiger partial charge in [0.1, 0.15) is 0 Å². The van der Waals surface area contributed by atoms with Gasteiger partial charge in [0.05, 0.1) is 0 Å². The average molecular weight is 357 g/mol. The summed E-state index contributed by atoms with van der Waals surface area (Å²) >= 11 is 12.4. The molecule has 1 unspecified atom stereocenters. The summed E-state index contributed by atoms with van der Waals surface area (Å²) in [6.07, 6.45) is 6.95. The first-order valence-electron chi connectivity index (χ1n) is 7.43. The van der Waals surface area contributed by atoms with E-state index in [9.17, 15) is 4.79 Å². The molecule has 1 atom stereocenters. The van der Waals surface area contributed by atoms with Crippen molar-refractivity contribution in [1.29, 1.82) is 0 Å². The third kappa shape index (κ3) is 3.81. The van der Waals surface area contributed by atoms with Gasteiger partial charge in [-0.15, -0.1) is 0 Å². The van der Waals surface area contributed by atoms with Gasteiger partial charge in [-0.1, -0.05) is 35.3 Å². The van der Waals surface area contributed by atoms with E-state index in [2.05, 4.69) is 9.97 Å². The minimum absolute atomic E-state index is 0.00275. The zero-order valence-electron chi connectivity index (χ0n) is 12.7. The number of rotatable bonds is 5. The lowest BCUT2D eigenvalue weighted by Crippen LogP contribution is -2.10. The van der Waals surface area contributed by atoms with Gasteiger partial charge in [0.15, 0.2) is 5.78 Å². The molecular weight excluding hydrogens is 343 g/mol. The topological polar surface area (TPSA) is 42.9 Å². The van der Waals surface area contributed by atoms with E-state index >= 15 is 0 Å². The van der Waals surface area contributed by atoms with Crippen LogP contribution in [-0.4, -0.2) is 15.8 Å². The summed E-state index contributed by atoms with van der Waals surface area (Å²) in [6, 6.07) is 12.6. The molecule has 1 aromatic carbocycles. The summed E-state index contributed by atoms with van der Waals surface area (Å²) in [7, 11) is 0. The largest absolute Gasteiger partial charge is 0.294 e. The third-order valence-corrected chi connectivity index (χ3v) is 4.36. The summed E-state index contributed by atoms with van der Waals surface area (Å²) < 4.78 is 0. The Morgan fingerprint density at radius 1 is 1.00 bits per heavy atom. The Hall–Kier alpha value is -2.23. The molecule has 0 bridgehead atoms. The smallest absolute Gasteiger partial charge is 0.165 e. The van der Waals surface area contributed by atoms with E-state index in [1.165, 1.54) is 0 Å². The SMILES string of the molecule is O=C(CC(c1cccnc1)c1ccc(Cl)cc1Cl)c1cccnc1. The lowest BCUT2D eigenvalue weighted by molar-refractivity contribution is 0.0977. The number of nitrogens with zero attached hydrogens (tertiary/aromatic N) is 2. The predicted molar refractivity (Wildman–Crippen MR) is 95.7 cm³/mol. The van der Waals surface area contributed by atoms with Crippen LogP contribution in [0.2, 0.25) is 10.0 Å². The molecule has 3 rings (SSSR count). The standard InChI is InChI=1S/C19H14Cl2N2O/c20-15-5-6-16(18(21)9-15)17(13-3-1-7-22-11-13)10-19(24)14-4-2-8-23-12-14/h1-9,11-12,17H,10H2. The molecule has 5 heteroatoms. The summed E-state index contributed by atoms with van der Waals surface area (Å²) in [6.45, 7) is 0. The monoisotopic (exact) mass is 356 g/mol. The van der Waals surface area contributed by atoms with Gasteiger partial charge >= 0.3 is 0 Å². The molecule has 0 radical (unpaired) electrons. The highest BCUT2D eigenvalue weighted by molar-refractivity contribution is 6.35. The fraction of sp³-hybridized carbons (Fsp3) is 0.105. The number of benzene rings is 1. The minimum Gasteiger partial charge on any atom is -0.294 e. The highest BCUT2D eigenvalue weighted by atomic mass is 35.5. The van der Waals surface area contributed by atoms with Crippen LogP contribution in [0.4, 0.5) is 0 Å². The van der Waals surface area contributed by atoms with Crippen molar-refractivity contribution in [2.45, 2.75) is 12.3 Å². The quantitative estimate of drug-likeness (QED) is 0.591. The Morgan fingerprint density at radius 2 is 1.75 bits per heavy atom. The van der Waals surface area contributed by atoms with Crippen molar-refractivity contribution < 1.29 is 4.79 Å². The third-order valence-electron chi connectivity index (χ3n) is 3.80. The van der Waals surface area contributed by atoms with Crippen molar-refractivity contribution >= 4 is 29.0 Å². The molecule has 3 aromatic rings. The zero-order valence-corrected chi connectivity index (χ0v) is 14.2. The molecule has 0 fully saturated rings. The van der Waals surface area contributed by atoms with Crippen LogP contribution in [0, 0.1) is 0 Å². The van der Waals surface area contributed by atoms with Crippen molar-refractivity contribution in [2.24, 2.45) is 0 Å². The van der Waals surface area contributed by atoms with E-state index in [4.69, 9.17) is 23.2 Å². The Bertz CT molecular complexity index is 839. The van der Waals surface area contributed by atoms with E-state index < -0.39 is 0 Å². The number of hydrogen-bond acceptors (Lipinski definition) is 3. The lowest BCUT2D eigenvalue weighted by atomic mass is 9.87. The van der Waals surface area contributed by atoms with Crippen LogP contribution in [0.25, 0.3) is 0 Å². The molecule has 24 heavy (non-hydrogen) atoms. The molecule has 2 heterocycles. The molecule has 0 aliphatic rings. The van der Waals surface area contributed by atoms with E-state index in [-0.39, 0.29) is 18.1 Å². The Morgan fingerprint density at radius 3 is 2.38 bits per heavy atom. The maximum atomic E-state index is 12.7. The summed E-state index contributed by atoms with van der Waals surface area (Å²) in [4.78, 5) is 20.8. The number of hydrogen-bond donors (Lipinski definition) is 0. The van der Waals surface area contributed by atoms with Crippen LogP contribution in [0.1, 0.15) is 33.8 Å². The second-order valence-corrected chi connectivity index (χ2v) is 6.22. The molecule has 2 aromatic heterocycles. The Labute approximate surface area is 150 Å². The second-order valence-electron chi connectivity index (χ2n) is 5.37. The van der Waals surface area contributed by atoms with Crippen molar-refractivity contribution in [1.82, 2.24) is 9.97 Å². The number of Topliss-reactive ketones (excluding diaryl/α,β-unsaturated/α-hetero) is 1. The van der Waals surface area contributed by atoms with Crippen molar-refractivity contribution in [3.8, 4) is 0 Å². The van der Waals surface area contributed by atoms with Crippen LogP contribution < -0.4 is 0 Å². The summed E-state index contributed by atoms with van der Waals surface area (Å²) in [5.41, 5.74) is 2.36. The maximum absolute atomic E-state index is 12.7. The van der Waals surface area contributed by atoms with E-state index in [1.54, 1.807) is 49.1 Å². The van der Waals surface area contributed by atoms with Crippen molar-refractivity contribution in [3.63, 3.8) is 0 Å². The Kier molecular flexibility index (Phi) is 5.24. The predicted octanol–water partition coefficient (Wildman–Crippen LogP) is 5.19.